The SMILES string of the molecule is CCCCc1cc(CCCC)c(O)c(P([Si]C(c2ccccc2)c2ccccc2)c2cc(CCCC)cc(CCCC)c2O)c1. The number of phenols is 2. The highest BCUT2D eigenvalue weighted by atomic mass is 31.4. The van der Waals surface area contributed by atoms with Gasteiger partial charge < -0.3 is 10.2 Å². The van der Waals surface area contributed by atoms with Gasteiger partial charge in [-0.2, -0.15) is 0 Å². The van der Waals surface area contributed by atoms with Crippen molar-refractivity contribution in [1.82, 2.24) is 0 Å². The third-order valence-electron chi connectivity index (χ3n) is 8.70. The maximum Gasteiger partial charge on any atom is 0.126 e. The van der Waals surface area contributed by atoms with Crippen LogP contribution < -0.4 is 10.6 Å². The van der Waals surface area contributed by atoms with E-state index in [1.54, 1.807) is 0 Å². The lowest BCUT2D eigenvalue weighted by Gasteiger charge is -2.28. The summed E-state index contributed by atoms with van der Waals surface area (Å²) in [5.41, 5.74) is 7.51. The Labute approximate surface area is 276 Å². The Kier molecular flexibility index (Phi) is 14.2. The molecule has 0 aromatic heterocycles. The van der Waals surface area contributed by atoms with Gasteiger partial charge in [0.05, 0.1) is 0 Å². The van der Waals surface area contributed by atoms with Gasteiger partial charge in [0.25, 0.3) is 0 Å². The van der Waals surface area contributed by atoms with E-state index in [2.05, 4.69) is 113 Å². The van der Waals surface area contributed by atoms with Crippen LogP contribution in [0.5, 0.6) is 11.5 Å². The minimum absolute atomic E-state index is 0.161. The van der Waals surface area contributed by atoms with Gasteiger partial charge in [0.2, 0.25) is 0 Å². The van der Waals surface area contributed by atoms with Crippen molar-refractivity contribution >= 4 is 27.3 Å². The molecule has 0 bridgehead atoms. The molecule has 0 aliphatic rings. The van der Waals surface area contributed by atoms with E-state index in [-0.39, 0.29) is 5.54 Å². The highest BCUT2D eigenvalue weighted by molar-refractivity contribution is 7.97. The summed E-state index contributed by atoms with van der Waals surface area (Å²) in [6.45, 7) is 8.93. The van der Waals surface area contributed by atoms with E-state index in [1.807, 2.05) is 0 Å². The minimum Gasteiger partial charge on any atom is -0.507 e. The van der Waals surface area contributed by atoms with Gasteiger partial charge in [-0.3, -0.25) is 0 Å². The molecule has 0 aliphatic heterocycles. The fraction of sp³-hybridized carbons (Fsp3) is 0.415. The second-order valence-corrected chi connectivity index (χ2v) is 17.0. The number of aryl methyl sites for hydroxylation is 4. The summed E-state index contributed by atoms with van der Waals surface area (Å²) in [6.07, 6.45) is 12.6. The highest BCUT2D eigenvalue weighted by Crippen LogP contribution is 2.46. The van der Waals surface area contributed by atoms with Crippen LogP contribution in [0.4, 0.5) is 0 Å². The number of benzene rings is 4. The molecule has 0 heterocycles. The molecular formula is C41H53O2PSi. The first-order valence-corrected chi connectivity index (χ1v) is 20.6. The fourth-order valence-electron chi connectivity index (χ4n) is 6.02. The first-order chi connectivity index (χ1) is 22.0. The molecule has 2 N–H and O–H groups in total. The monoisotopic (exact) mass is 636 g/mol. The van der Waals surface area contributed by atoms with Crippen LogP contribution in [0.25, 0.3) is 0 Å². The molecule has 45 heavy (non-hydrogen) atoms. The molecule has 238 valence electrons. The quantitative estimate of drug-likeness (QED) is 0.0843. The third-order valence-corrected chi connectivity index (χ3v) is 14.5. The summed E-state index contributed by atoms with van der Waals surface area (Å²) >= 11 is 0. The summed E-state index contributed by atoms with van der Waals surface area (Å²) in [7, 11) is -0.620. The number of hydrogen-bond acceptors (Lipinski definition) is 2. The van der Waals surface area contributed by atoms with Gasteiger partial charge >= 0.3 is 0 Å². The molecule has 0 amide bonds. The van der Waals surface area contributed by atoms with Crippen molar-refractivity contribution in [3.63, 3.8) is 0 Å². The lowest BCUT2D eigenvalue weighted by Crippen LogP contribution is -2.24. The molecular weight excluding hydrogens is 584 g/mol. The lowest BCUT2D eigenvalue weighted by molar-refractivity contribution is 0.470. The van der Waals surface area contributed by atoms with Crippen LogP contribution in [-0.4, -0.2) is 19.4 Å². The smallest absolute Gasteiger partial charge is 0.126 e. The number of rotatable bonds is 18. The number of unbranched alkanes of at least 4 members (excludes halogenated alkanes) is 4. The first-order valence-electron chi connectivity index (χ1n) is 17.4. The van der Waals surface area contributed by atoms with Gasteiger partial charge in [-0.25, -0.2) is 0 Å². The Morgan fingerprint density at radius 2 is 0.911 bits per heavy atom. The Morgan fingerprint density at radius 3 is 1.29 bits per heavy atom. The Balaban J connectivity index is 1.98. The average molecular weight is 637 g/mol. The normalized spacial score (nSPS) is 11.5. The molecule has 0 saturated heterocycles. The molecule has 4 aromatic rings. The largest absolute Gasteiger partial charge is 0.507 e. The molecule has 0 aliphatic carbocycles. The standard InChI is InChI=1S/C41H53O2PSi/c1-5-9-19-31-27-35(21-11-7-3)39(42)37(29-31)44(38-30-32(20-10-6-2)28-36(40(38)43)22-12-8-4)45-41(33-23-15-13-16-24-33)34-25-17-14-18-26-34/h13-18,23-30,41-43H,5-12,19-22H2,1-4H3. The molecule has 0 unspecified atom stereocenters. The van der Waals surface area contributed by atoms with Crippen molar-refractivity contribution in [1.29, 1.82) is 0 Å². The van der Waals surface area contributed by atoms with Crippen molar-refractivity contribution in [2.45, 2.75) is 110 Å². The number of aromatic hydroxyl groups is 2. The van der Waals surface area contributed by atoms with Gasteiger partial charge in [0.15, 0.2) is 0 Å². The van der Waals surface area contributed by atoms with Crippen molar-refractivity contribution in [3.05, 3.63) is 118 Å². The van der Waals surface area contributed by atoms with Crippen LogP contribution >= 0.6 is 7.47 Å². The molecule has 0 fully saturated rings. The lowest BCUT2D eigenvalue weighted by atomic mass is 10.0. The van der Waals surface area contributed by atoms with Crippen LogP contribution in [0.3, 0.4) is 0 Å². The van der Waals surface area contributed by atoms with Crippen LogP contribution in [0.1, 0.15) is 118 Å². The second-order valence-electron chi connectivity index (χ2n) is 12.4. The first kappa shape index (κ1) is 35.0. The van der Waals surface area contributed by atoms with E-state index in [0.717, 1.165) is 98.8 Å². The number of phenolic OH excluding ortho intramolecular Hbond substituents is 2. The van der Waals surface area contributed by atoms with Crippen LogP contribution in [0.15, 0.2) is 84.9 Å². The van der Waals surface area contributed by atoms with Crippen molar-refractivity contribution < 1.29 is 10.2 Å². The zero-order valence-corrected chi connectivity index (χ0v) is 29.9. The van der Waals surface area contributed by atoms with E-state index in [4.69, 9.17) is 0 Å². The summed E-state index contributed by atoms with van der Waals surface area (Å²) in [5.74, 6) is 0.909. The third kappa shape index (κ3) is 9.57. The van der Waals surface area contributed by atoms with Gasteiger partial charge in [-0.15, -0.1) is 0 Å². The summed E-state index contributed by atoms with van der Waals surface area (Å²) in [4.78, 5) is 0. The Bertz CT molecular complexity index is 1340. The van der Waals surface area contributed by atoms with E-state index < -0.39 is 7.47 Å². The predicted molar refractivity (Wildman–Crippen MR) is 197 cm³/mol. The zero-order chi connectivity index (χ0) is 32.0. The van der Waals surface area contributed by atoms with Crippen LogP contribution in [0, 0.1) is 0 Å². The summed E-state index contributed by atoms with van der Waals surface area (Å²) < 4.78 is 0. The molecule has 4 aromatic carbocycles. The maximum atomic E-state index is 12.1. The zero-order valence-electron chi connectivity index (χ0n) is 28.0. The van der Waals surface area contributed by atoms with E-state index in [0.29, 0.717) is 20.7 Å². The molecule has 2 radical (unpaired) electrons. The van der Waals surface area contributed by atoms with Gasteiger partial charge in [0.1, 0.15) is 20.7 Å². The maximum absolute atomic E-state index is 12.1. The van der Waals surface area contributed by atoms with E-state index in [9.17, 15) is 10.2 Å². The number of hydrogen-bond donors (Lipinski definition) is 2. The van der Waals surface area contributed by atoms with Crippen LogP contribution in [0.2, 0.25) is 0 Å². The molecule has 0 atom stereocenters. The van der Waals surface area contributed by atoms with Crippen molar-refractivity contribution in [3.8, 4) is 11.5 Å². The Hall–Kier alpha value is -2.87. The summed E-state index contributed by atoms with van der Waals surface area (Å²) in [5, 5.41) is 26.3. The molecule has 2 nitrogen and oxygen atoms in total. The topological polar surface area (TPSA) is 40.5 Å². The van der Waals surface area contributed by atoms with Gasteiger partial charge in [0, 0.05) is 16.2 Å². The predicted octanol–water partition coefficient (Wildman–Crippen LogP) is 10.3. The minimum atomic E-state index is -1.08. The fourth-order valence-corrected chi connectivity index (χ4v) is 12.3. The van der Waals surface area contributed by atoms with Crippen molar-refractivity contribution in [2.75, 3.05) is 0 Å². The molecule has 0 saturated carbocycles. The second kappa shape index (κ2) is 18.3. The molecule has 4 heteroatoms. The van der Waals surface area contributed by atoms with Crippen LogP contribution in [-0.2, 0) is 25.7 Å². The Morgan fingerprint density at radius 1 is 0.533 bits per heavy atom. The van der Waals surface area contributed by atoms with Gasteiger partial charge in [-0.1, -0.05) is 134 Å². The molecule has 4 rings (SSSR count). The highest BCUT2D eigenvalue weighted by Gasteiger charge is 2.30. The van der Waals surface area contributed by atoms with Gasteiger partial charge in [-0.05, 0) is 96.9 Å². The average Bonchev–Trinajstić information content (AvgIpc) is 3.07. The molecule has 0 spiro atoms. The van der Waals surface area contributed by atoms with Crippen molar-refractivity contribution in [2.24, 2.45) is 0 Å². The van der Waals surface area contributed by atoms with E-state index in [1.165, 1.54) is 22.3 Å². The summed E-state index contributed by atoms with van der Waals surface area (Å²) in [6, 6.07) is 30.8. The van der Waals surface area contributed by atoms with E-state index >= 15 is 0 Å².